The molecule has 1 aromatic rings. The van der Waals surface area contributed by atoms with Gasteiger partial charge in [-0.15, -0.1) is 0 Å². The van der Waals surface area contributed by atoms with Crippen molar-refractivity contribution in [2.75, 3.05) is 18.5 Å². The highest BCUT2D eigenvalue weighted by atomic mass is 16.1. The van der Waals surface area contributed by atoms with E-state index in [9.17, 15) is 4.79 Å². The van der Waals surface area contributed by atoms with Crippen molar-refractivity contribution in [2.45, 2.75) is 41.0 Å². The van der Waals surface area contributed by atoms with Crippen molar-refractivity contribution >= 4 is 11.5 Å². The second-order valence-electron chi connectivity index (χ2n) is 6.19. The first-order valence-electron chi connectivity index (χ1n) is 6.53. The number of hydrogen-bond donors (Lipinski definition) is 0. The number of Topliss-reactive ketones (excluding diaryl/α,β-unsaturated/α-hetero) is 1. The van der Waals surface area contributed by atoms with Crippen LogP contribution in [0.1, 0.15) is 38.3 Å². The maximum Gasteiger partial charge on any atom is 0.139 e. The number of carbonyl (C=O) groups excluding carboxylic acids is 1. The fourth-order valence-corrected chi connectivity index (χ4v) is 1.94. The molecule has 0 aromatic heterocycles. The van der Waals surface area contributed by atoms with Crippen LogP contribution in [-0.2, 0) is 4.79 Å². The van der Waals surface area contributed by atoms with Crippen LogP contribution < -0.4 is 4.90 Å². The van der Waals surface area contributed by atoms with Gasteiger partial charge < -0.3 is 4.90 Å². The van der Waals surface area contributed by atoms with Crippen molar-refractivity contribution in [3.63, 3.8) is 0 Å². The second-order valence-corrected chi connectivity index (χ2v) is 6.19. The summed E-state index contributed by atoms with van der Waals surface area (Å²) in [6.07, 6.45) is 0.604. The second kappa shape index (κ2) is 5.55. The molecule has 0 fully saturated rings. The lowest BCUT2D eigenvalue weighted by Gasteiger charge is -2.23. The predicted octanol–water partition coefficient (Wildman–Crippen LogP) is 3.74. The minimum atomic E-state index is -0.233. The van der Waals surface area contributed by atoms with Gasteiger partial charge >= 0.3 is 0 Å². The van der Waals surface area contributed by atoms with Gasteiger partial charge in [-0.2, -0.15) is 0 Å². The third kappa shape index (κ3) is 4.17. The molecule has 18 heavy (non-hydrogen) atoms. The number of ketones is 1. The lowest BCUT2D eigenvalue weighted by atomic mass is 9.89. The smallest absolute Gasteiger partial charge is 0.139 e. The molecule has 0 heterocycles. The Morgan fingerprint density at radius 1 is 1.11 bits per heavy atom. The summed E-state index contributed by atoms with van der Waals surface area (Å²) in [7, 11) is 2.05. The van der Waals surface area contributed by atoms with Crippen molar-refractivity contribution in [1.29, 1.82) is 0 Å². The number of nitrogens with zero attached hydrogens (tertiary/aromatic N) is 1. The number of hydrogen-bond acceptors (Lipinski definition) is 2. The van der Waals surface area contributed by atoms with E-state index in [1.54, 1.807) is 0 Å². The highest BCUT2D eigenvalue weighted by Gasteiger charge is 2.20. The molecule has 0 aliphatic heterocycles. The summed E-state index contributed by atoms with van der Waals surface area (Å²) < 4.78 is 0. The van der Waals surface area contributed by atoms with Gasteiger partial charge in [0.25, 0.3) is 0 Å². The Kier molecular flexibility index (Phi) is 4.55. The molecule has 0 aliphatic rings. The summed E-state index contributed by atoms with van der Waals surface area (Å²) in [5.41, 5.74) is 3.48. The zero-order valence-electron chi connectivity index (χ0n) is 12.5. The van der Waals surface area contributed by atoms with Crippen LogP contribution in [0.2, 0.25) is 0 Å². The average Bonchev–Trinajstić information content (AvgIpc) is 2.22. The third-order valence-corrected chi connectivity index (χ3v) is 3.16. The normalized spacial score (nSPS) is 11.4. The van der Waals surface area contributed by atoms with Gasteiger partial charge in [-0.05, 0) is 37.1 Å². The molecule has 2 nitrogen and oxygen atoms in total. The van der Waals surface area contributed by atoms with Crippen molar-refractivity contribution in [1.82, 2.24) is 0 Å². The van der Waals surface area contributed by atoms with E-state index < -0.39 is 0 Å². The van der Waals surface area contributed by atoms with E-state index in [1.165, 1.54) is 16.8 Å². The highest BCUT2D eigenvalue weighted by molar-refractivity contribution is 5.84. The Morgan fingerprint density at radius 2 is 1.61 bits per heavy atom. The molecule has 2 heteroatoms. The first kappa shape index (κ1) is 14.7. The molecule has 0 radical (unpaired) electrons. The van der Waals surface area contributed by atoms with Crippen LogP contribution in [0.25, 0.3) is 0 Å². The number of benzene rings is 1. The number of rotatable bonds is 4. The Morgan fingerprint density at radius 3 is 2.06 bits per heavy atom. The zero-order chi connectivity index (χ0) is 13.9. The van der Waals surface area contributed by atoms with Crippen LogP contribution in [-0.4, -0.2) is 19.4 Å². The summed E-state index contributed by atoms with van der Waals surface area (Å²) in [4.78, 5) is 14.1. The molecule has 0 N–H and O–H groups in total. The first-order valence-corrected chi connectivity index (χ1v) is 6.53. The van der Waals surface area contributed by atoms with Crippen molar-refractivity contribution < 1.29 is 4.79 Å². The van der Waals surface area contributed by atoms with E-state index in [1.807, 2.05) is 27.8 Å². The Hall–Kier alpha value is -1.31. The van der Waals surface area contributed by atoms with Gasteiger partial charge in [-0.1, -0.05) is 26.8 Å². The monoisotopic (exact) mass is 247 g/mol. The molecule has 0 atom stereocenters. The predicted molar refractivity (Wildman–Crippen MR) is 78.3 cm³/mol. The Balaban J connectivity index is 2.66. The maximum absolute atomic E-state index is 11.9. The van der Waals surface area contributed by atoms with Crippen molar-refractivity contribution in [3.05, 3.63) is 29.3 Å². The van der Waals surface area contributed by atoms with Crippen LogP contribution in [0.15, 0.2) is 18.2 Å². The molecule has 1 rings (SSSR count). The topological polar surface area (TPSA) is 20.3 Å². The minimum absolute atomic E-state index is 0.233. The van der Waals surface area contributed by atoms with Gasteiger partial charge in [-0.3, -0.25) is 4.79 Å². The van der Waals surface area contributed by atoms with Gasteiger partial charge in [-0.25, -0.2) is 0 Å². The zero-order valence-corrected chi connectivity index (χ0v) is 12.5. The maximum atomic E-state index is 11.9. The van der Waals surface area contributed by atoms with Crippen LogP contribution in [0.3, 0.4) is 0 Å². The van der Waals surface area contributed by atoms with Gasteiger partial charge in [0.1, 0.15) is 5.78 Å². The lowest BCUT2D eigenvalue weighted by Crippen LogP contribution is -2.27. The standard InChI is InChI=1S/C16H25NO/c1-12-9-13(2)11-14(10-12)17(6)8-7-15(18)16(3,4)5/h9-11H,7-8H2,1-6H3. The number of carbonyl (C=O) groups is 1. The fourth-order valence-electron chi connectivity index (χ4n) is 1.94. The van der Waals surface area contributed by atoms with Crippen LogP contribution in [0.5, 0.6) is 0 Å². The summed E-state index contributed by atoms with van der Waals surface area (Å²) in [6, 6.07) is 6.49. The molecule has 0 spiro atoms. The SMILES string of the molecule is Cc1cc(C)cc(N(C)CCC(=O)C(C)(C)C)c1. The van der Waals surface area contributed by atoms with E-state index in [-0.39, 0.29) is 5.41 Å². The van der Waals surface area contributed by atoms with Gasteiger partial charge in [0.15, 0.2) is 0 Å². The summed E-state index contributed by atoms with van der Waals surface area (Å²) in [6.45, 7) is 10.9. The van der Waals surface area contributed by atoms with Crippen LogP contribution in [0, 0.1) is 19.3 Å². The quantitative estimate of drug-likeness (QED) is 0.807. The Labute approximate surface area is 111 Å². The average molecular weight is 247 g/mol. The minimum Gasteiger partial charge on any atom is -0.374 e. The molecule has 0 bridgehead atoms. The summed E-state index contributed by atoms with van der Waals surface area (Å²) >= 11 is 0. The van der Waals surface area contributed by atoms with Gasteiger partial charge in [0.2, 0.25) is 0 Å². The van der Waals surface area contributed by atoms with Crippen molar-refractivity contribution in [3.8, 4) is 0 Å². The molecular formula is C16H25NO. The highest BCUT2D eigenvalue weighted by Crippen LogP contribution is 2.20. The summed E-state index contributed by atoms with van der Waals surface area (Å²) in [5.74, 6) is 0.318. The summed E-state index contributed by atoms with van der Waals surface area (Å²) in [5, 5.41) is 0. The number of aryl methyl sites for hydroxylation is 2. The molecule has 0 saturated carbocycles. The largest absolute Gasteiger partial charge is 0.374 e. The van der Waals surface area contributed by atoms with E-state index >= 15 is 0 Å². The van der Waals surface area contributed by atoms with E-state index in [2.05, 4.69) is 36.9 Å². The molecule has 0 aliphatic carbocycles. The third-order valence-electron chi connectivity index (χ3n) is 3.16. The van der Waals surface area contributed by atoms with Crippen LogP contribution in [0.4, 0.5) is 5.69 Å². The molecular weight excluding hydrogens is 222 g/mol. The lowest BCUT2D eigenvalue weighted by molar-refractivity contribution is -0.126. The first-order chi connectivity index (χ1) is 8.20. The Bertz CT molecular complexity index is 409. The van der Waals surface area contributed by atoms with Crippen molar-refractivity contribution in [2.24, 2.45) is 5.41 Å². The van der Waals surface area contributed by atoms with E-state index in [0.29, 0.717) is 12.2 Å². The molecule has 0 saturated heterocycles. The molecule has 100 valence electrons. The van der Waals surface area contributed by atoms with Crippen LogP contribution >= 0.6 is 0 Å². The van der Waals surface area contributed by atoms with E-state index in [0.717, 1.165) is 6.54 Å². The molecule has 0 unspecified atom stereocenters. The molecule has 0 amide bonds. The fraction of sp³-hybridized carbons (Fsp3) is 0.562. The van der Waals surface area contributed by atoms with Gasteiger partial charge in [0, 0.05) is 31.1 Å². The molecule has 1 aromatic carbocycles. The van der Waals surface area contributed by atoms with E-state index in [4.69, 9.17) is 0 Å². The number of anilines is 1. The van der Waals surface area contributed by atoms with Gasteiger partial charge in [0.05, 0.1) is 0 Å².